The van der Waals surface area contributed by atoms with E-state index in [1.54, 1.807) is 5.51 Å². The van der Waals surface area contributed by atoms with Crippen molar-refractivity contribution in [2.75, 3.05) is 6.61 Å². The molecule has 2 rings (SSSR count). The van der Waals surface area contributed by atoms with Crippen molar-refractivity contribution in [3.63, 3.8) is 0 Å². The minimum atomic E-state index is -0.411. The molecule has 0 radical (unpaired) electrons. The van der Waals surface area contributed by atoms with Crippen molar-refractivity contribution in [2.45, 2.75) is 37.8 Å². The number of urea groups is 1. The predicted octanol–water partition coefficient (Wildman–Crippen LogP) is 1.25. The van der Waals surface area contributed by atoms with E-state index in [0.717, 1.165) is 31.4 Å². The highest BCUT2D eigenvalue weighted by atomic mass is 32.1. The third-order valence-corrected chi connectivity index (χ3v) is 3.79. The van der Waals surface area contributed by atoms with Gasteiger partial charge in [-0.25, -0.2) is 9.78 Å². The second-order valence-corrected chi connectivity index (χ2v) is 5.15. The van der Waals surface area contributed by atoms with Gasteiger partial charge in [-0.2, -0.15) is 0 Å². The van der Waals surface area contributed by atoms with Crippen LogP contribution in [0.2, 0.25) is 0 Å². The van der Waals surface area contributed by atoms with Crippen molar-refractivity contribution in [1.82, 2.24) is 15.6 Å². The number of hydrogen-bond acceptors (Lipinski definition) is 4. The number of carbonyl (C=O) groups excluding carboxylic acids is 1. The molecule has 0 aliphatic heterocycles. The molecule has 6 heteroatoms. The van der Waals surface area contributed by atoms with Crippen molar-refractivity contribution in [2.24, 2.45) is 0 Å². The smallest absolute Gasteiger partial charge is 0.315 e. The Balaban J connectivity index is 1.80. The Labute approximate surface area is 104 Å². The molecule has 1 fully saturated rings. The summed E-state index contributed by atoms with van der Waals surface area (Å²) >= 11 is 1.51. The first-order chi connectivity index (χ1) is 8.24. The van der Waals surface area contributed by atoms with Crippen LogP contribution in [0.4, 0.5) is 4.79 Å². The van der Waals surface area contributed by atoms with Crippen LogP contribution in [0.15, 0.2) is 10.9 Å². The molecule has 1 aliphatic rings. The number of nitrogens with zero attached hydrogens (tertiary/aromatic N) is 1. The number of amides is 2. The Kier molecular flexibility index (Phi) is 3.96. The number of aliphatic hydroxyl groups is 1. The van der Waals surface area contributed by atoms with Gasteiger partial charge >= 0.3 is 6.03 Å². The van der Waals surface area contributed by atoms with Crippen LogP contribution < -0.4 is 10.6 Å². The molecule has 94 valence electrons. The van der Waals surface area contributed by atoms with E-state index in [4.69, 9.17) is 0 Å². The molecule has 17 heavy (non-hydrogen) atoms. The molecule has 0 unspecified atom stereocenters. The maximum Gasteiger partial charge on any atom is 0.315 e. The second-order valence-electron chi connectivity index (χ2n) is 4.43. The highest BCUT2D eigenvalue weighted by Gasteiger charge is 2.34. The molecule has 1 aliphatic carbocycles. The SMILES string of the molecule is O=C(NCc1cscn1)NC1(CO)CCCC1. The molecule has 1 heterocycles. The van der Waals surface area contributed by atoms with E-state index >= 15 is 0 Å². The number of aromatic nitrogens is 1. The Hall–Kier alpha value is -1.14. The van der Waals surface area contributed by atoms with Gasteiger partial charge in [0.25, 0.3) is 0 Å². The summed E-state index contributed by atoms with van der Waals surface area (Å²) in [7, 11) is 0. The number of carbonyl (C=O) groups is 1. The molecule has 0 atom stereocenters. The third kappa shape index (κ3) is 3.17. The lowest BCUT2D eigenvalue weighted by atomic mass is 9.99. The summed E-state index contributed by atoms with van der Waals surface area (Å²) in [6.45, 7) is 0.438. The van der Waals surface area contributed by atoms with Crippen molar-refractivity contribution in [1.29, 1.82) is 0 Å². The van der Waals surface area contributed by atoms with E-state index in [2.05, 4.69) is 15.6 Å². The van der Waals surface area contributed by atoms with Crippen LogP contribution in [0.3, 0.4) is 0 Å². The summed E-state index contributed by atoms with van der Waals surface area (Å²) in [5, 5.41) is 16.9. The van der Waals surface area contributed by atoms with Crippen LogP contribution in [-0.4, -0.2) is 28.3 Å². The quantitative estimate of drug-likeness (QED) is 0.758. The van der Waals surface area contributed by atoms with Crippen molar-refractivity contribution < 1.29 is 9.90 Å². The molecular formula is C11H17N3O2S. The van der Waals surface area contributed by atoms with Gasteiger partial charge in [-0.3, -0.25) is 0 Å². The van der Waals surface area contributed by atoms with E-state index in [1.165, 1.54) is 11.3 Å². The lowest BCUT2D eigenvalue weighted by molar-refractivity contribution is 0.162. The maximum absolute atomic E-state index is 11.7. The molecule has 0 bridgehead atoms. The molecule has 1 aromatic heterocycles. The molecule has 5 nitrogen and oxygen atoms in total. The Morgan fingerprint density at radius 2 is 2.29 bits per heavy atom. The van der Waals surface area contributed by atoms with Crippen LogP contribution in [0, 0.1) is 0 Å². The zero-order valence-electron chi connectivity index (χ0n) is 9.61. The molecule has 0 spiro atoms. The van der Waals surface area contributed by atoms with Gasteiger partial charge < -0.3 is 15.7 Å². The summed E-state index contributed by atoms with van der Waals surface area (Å²) in [4.78, 5) is 15.8. The fraction of sp³-hybridized carbons (Fsp3) is 0.636. The predicted molar refractivity (Wildman–Crippen MR) is 65.8 cm³/mol. The van der Waals surface area contributed by atoms with Crippen molar-refractivity contribution in [3.8, 4) is 0 Å². The average Bonchev–Trinajstić information content (AvgIpc) is 2.98. The molecule has 3 N–H and O–H groups in total. The van der Waals surface area contributed by atoms with Crippen LogP contribution in [0.1, 0.15) is 31.4 Å². The Morgan fingerprint density at radius 1 is 1.53 bits per heavy atom. The van der Waals surface area contributed by atoms with E-state index in [0.29, 0.717) is 6.54 Å². The largest absolute Gasteiger partial charge is 0.394 e. The van der Waals surface area contributed by atoms with Gasteiger partial charge in [-0.15, -0.1) is 11.3 Å². The lowest BCUT2D eigenvalue weighted by Crippen LogP contribution is -2.52. The summed E-state index contributed by atoms with van der Waals surface area (Å²) < 4.78 is 0. The van der Waals surface area contributed by atoms with Gasteiger partial charge in [0.05, 0.1) is 29.9 Å². The van der Waals surface area contributed by atoms with Crippen LogP contribution in [-0.2, 0) is 6.54 Å². The second kappa shape index (κ2) is 5.46. The van der Waals surface area contributed by atoms with Crippen molar-refractivity contribution >= 4 is 17.4 Å². The fourth-order valence-electron chi connectivity index (χ4n) is 2.16. The fourth-order valence-corrected chi connectivity index (χ4v) is 2.71. The average molecular weight is 255 g/mol. The highest BCUT2D eigenvalue weighted by molar-refractivity contribution is 7.07. The zero-order chi connectivity index (χ0) is 12.1. The number of rotatable bonds is 4. The molecule has 0 aromatic carbocycles. The van der Waals surface area contributed by atoms with Crippen LogP contribution in [0.5, 0.6) is 0 Å². The van der Waals surface area contributed by atoms with Crippen LogP contribution >= 0.6 is 11.3 Å². The Morgan fingerprint density at radius 3 is 2.88 bits per heavy atom. The first kappa shape index (κ1) is 12.3. The van der Waals surface area contributed by atoms with Gasteiger partial charge in [0.2, 0.25) is 0 Å². The monoisotopic (exact) mass is 255 g/mol. The summed E-state index contributed by atoms with van der Waals surface area (Å²) in [6, 6.07) is -0.228. The molecule has 1 aromatic rings. The van der Waals surface area contributed by atoms with Crippen LogP contribution in [0.25, 0.3) is 0 Å². The number of aliphatic hydroxyl groups excluding tert-OH is 1. The maximum atomic E-state index is 11.7. The zero-order valence-corrected chi connectivity index (χ0v) is 10.4. The third-order valence-electron chi connectivity index (χ3n) is 3.16. The van der Waals surface area contributed by atoms with E-state index in [9.17, 15) is 9.90 Å². The lowest BCUT2D eigenvalue weighted by Gasteiger charge is -2.27. The van der Waals surface area contributed by atoms with Gasteiger partial charge in [0.15, 0.2) is 0 Å². The van der Waals surface area contributed by atoms with E-state index in [1.807, 2.05) is 5.38 Å². The van der Waals surface area contributed by atoms with E-state index in [-0.39, 0.29) is 12.6 Å². The standard InChI is InChI=1S/C11H17N3O2S/c15-7-11(3-1-2-4-11)14-10(16)12-5-9-6-17-8-13-9/h6,8,15H,1-5,7H2,(H2,12,14,16). The first-order valence-electron chi connectivity index (χ1n) is 5.78. The molecular weight excluding hydrogens is 238 g/mol. The first-order valence-corrected chi connectivity index (χ1v) is 6.72. The minimum absolute atomic E-state index is 0.0110. The van der Waals surface area contributed by atoms with Gasteiger partial charge in [-0.1, -0.05) is 12.8 Å². The molecule has 1 saturated carbocycles. The normalized spacial score (nSPS) is 17.9. The highest BCUT2D eigenvalue weighted by Crippen LogP contribution is 2.28. The summed E-state index contributed by atoms with van der Waals surface area (Å²) in [5.74, 6) is 0. The van der Waals surface area contributed by atoms with Crippen molar-refractivity contribution in [3.05, 3.63) is 16.6 Å². The topological polar surface area (TPSA) is 74.2 Å². The Bertz CT molecular complexity index is 361. The van der Waals surface area contributed by atoms with Gasteiger partial charge in [-0.05, 0) is 12.8 Å². The summed E-state index contributed by atoms with van der Waals surface area (Å²) in [5.41, 5.74) is 2.18. The molecule has 2 amide bonds. The number of nitrogens with one attached hydrogen (secondary N) is 2. The summed E-state index contributed by atoms with van der Waals surface area (Å²) in [6.07, 6.45) is 3.83. The van der Waals surface area contributed by atoms with Gasteiger partial charge in [0.1, 0.15) is 0 Å². The van der Waals surface area contributed by atoms with E-state index < -0.39 is 5.54 Å². The van der Waals surface area contributed by atoms with Gasteiger partial charge in [0, 0.05) is 5.38 Å². The number of hydrogen-bond donors (Lipinski definition) is 3. The molecule has 0 saturated heterocycles. The number of thiazole rings is 1. The minimum Gasteiger partial charge on any atom is -0.394 e.